The van der Waals surface area contributed by atoms with Crippen LogP contribution in [0.2, 0.25) is 0 Å². The summed E-state index contributed by atoms with van der Waals surface area (Å²) in [5.41, 5.74) is 1.94. The van der Waals surface area contributed by atoms with Crippen molar-refractivity contribution in [3.8, 4) is 5.69 Å². The fourth-order valence-electron chi connectivity index (χ4n) is 1.82. The van der Waals surface area contributed by atoms with Gasteiger partial charge in [0.1, 0.15) is 10.0 Å². The van der Waals surface area contributed by atoms with Crippen molar-refractivity contribution in [2.45, 2.75) is 6.92 Å². The number of thiol groups is 1. The van der Waals surface area contributed by atoms with E-state index in [1.165, 1.54) is 0 Å². The lowest BCUT2D eigenvalue weighted by atomic mass is 10.3. The topological polar surface area (TPSA) is 39.0 Å². The molecule has 0 aliphatic carbocycles. The Morgan fingerprint density at radius 2 is 1.94 bits per heavy atom. The Balaban J connectivity index is 2.64. The van der Waals surface area contributed by atoms with Crippen LogP contribution in [0.25, 0.3) is 5.69 Å². The Hall–Kier alpha value is -1.53. The van der Waals surface area contributed by atoms with Gasteiger partial charge in [0.2, 0.25) is 0 Å². The third-order valence-corrected chi connectivity index (χ3v) is 3.00. The van der Waals surface area contributed by atoms with Crippen molar-refractivity contribution >= 4 is 34.9 Å². The fourth-order valence-corrected chi connectivity index (χ4v) is 2.03. The number of para-hydroxylation sites is 1. The summed E-state index contributed by atoms with van der Waals surface area (Å²) in [5, 5.41) is 2.81. The maximum absolute atomic E-state index is 12.3. The molecule has 1 heterocycles. The van der Waals surface area contributed by atoms with E-state index in [2.05, 4.69) is 17.9 Å². The lowest BCUT2D eigenvalue weighted by Gasteiger charge is -2.07. The van der Waals surface area contributed by atoms with E-state index in [0.717, 1.165) is 11.4 Å². The summed E-state index contributed by atoms with van der Waals surface area (Å²) in [7, 11) is 1.83. The largest absolute Gasteiger partial charge is 0.335 e. The minimum Gasteiger partial charge on any atom is -0.335 e. The molecule has 0 fully saturated rings. The van der Waals surface area contributed by atoms with Crippen molar-refractivity contribution in [2.75, 3.05) is 5.32 Å². The molecular formula is C12H13N3OS2. The normalized spacial score (nSPS) is 10.4. The van der Waals surface area contributed by atoms with E-state index in [4.69, 9.17) is 12.2 Å². The van der Waals surface area contributed by atoms with Crippen LogP contribution in [0.1, 0.15) is 5.69 Å². The third kappa shape index (κ3) is 2.21. The zero-order valence-corrected chi connectivity index (χ0v) is 11.8. The third-order valence-electron chi connectivity index (χ3n) is 2.79. The van der Waals surface area contributed by atoms with Crippen molar-refractivity contribution in [3.63, 3.8) is 0 Å². The number of hydrogen-bond donors (Lipinski definition) is 2. The number of thiocarbonyl (C=S) groups is 1. The Labute approximate surface area is 116 Å². The first kappa shape index (κ1) is 12.9. The van der Waals surface area contributed by atoms with Gasteiger partial charge >= 0.3 is 0 Å². The van der Waals surface area contributed by atoms with Crippen LogP contribution in [0.4, 0.5) is 5.69 Å². The van der Waals surface area contributed by atoms with Gasteiger partial charge in [0.05, 0.1) is 11.4 Å². The van der Waals surface area contributed by atoms with Gasteiger partial charge in [0.15, 0.2) is 0 Å². The molecule has 1 aromatic heterocycles. The highest BCUT2D eigenvalue weighted by molar-refractivity contribution is 8.11. The minimum absolute atomic E-state index is 0.141. The number of aromatic nitrogens is 2. The maximum atomic E-state index is 12.3. The average molecular weight is 279 g/mol. The second-order valence-electron chi connectivity index (χ2n) is 3.87. The van der Waals surface area contributed by atoms with Crippen molar-refractivity contribution in [2.24, 2.45) is 7.05 Å². The molecular weight excluding hydrogens is 266 g/mol. The second kappa shape index (κ2) is 4.99. The first-order valence-electron chi connectivity index (χ1n) is 5.36. The molecule has 0 radical (unpaired) electrons. The monoisotopic (exact) mass is 279 g/mol. The molecule has 0 spiro atoms. The highest BCUT2D eigenvalue weighted by Crippen LogP contribution is 2.14. The number of nitrogens with zero attached hydrogens (tertiary/aromatic N) is 2. The van der Waals surface area contributed by atoms with Crippen molar-refractivity contribution in [1.29, 1.82) is 0 Å². The molecule has 0 unspecified atom stereocenters. The van der Waals surface area contributed by atoms with Crippen molar-refractivity contribution in [3.05, 3.63) is 46.4 Å². The molecule has 0 saturated heterocycles. The molecule has 0 bridgehead atoms. The Bertz CT molecular complexity index is 643. The van der Waals surface area contributed by atoms with Gasteiger partial charge in [-0.25, -0.2) is 4.68 Å². The van der Waals surface area contributed by atoms with E-state index in [0.29, 0.717) is 5.69 Å². The van der Waals surface area contributed by atoms with Gasteiger partial charge in [0.25, 0.3) is 5.56 Å². The summed E-state index contributed by atoms with van der Waals surface area (Å²) in [4.78, 5) is 12.3. The molecule has 18 heavy (non-hydrogen) atoms. The van der Waals surface area contributed by atoms with Gasteiger partial charge in [-0.15, -0.1) is 12.6 Å². The van der Waals surface area contributed by atoms with Crippen LogP contribution in [-0.2, 0) is 7.05 Å². The standard InChI is InChI=1S/C12H13N3OS2/c1-8-10(13-12(17)18)11(16)15(14(8)2)9-6-4-3-5-7-9/h3-7H,1-2H3,(H2,13,17,18). The lowest BCUT2D eigenvalue weighted by Crippen LogP contribution is -2.21. The predicted molar refractivity (Wildman–Crippen MR) is 81.0 cm³/mol. The second-order valence-corrected chi connectivity index (χ2v) is 5.02. The van der Waals surface area contributed by atoms with E-state index in [-0.39, 0.29) is 9.88 Å². The van der Waals surface area contributed by atoms with E-state index in [9.17, 15) is 4.79 Å². The van der Waals surface area contributed by atoms with Gasteiger partial charge in [-0.2, -0.15) is 0 Å². The molecule has 0 aliphatic heterocycles. The van der Waals surface area contributed by atoms with Crippen LogP contribution in [0.15, 0.2) is 35.1 Å². The SMILES string of the molecule is Cc1c(NC(=S)S)c(=O)n(-c2ccccc2)n1C. The van der Waals surface area contributed by atoms with Crippen LogP contribution >= 0.6 is 24.8 Å². The van der Waals surface area contributed by atoms with E-state index < -0.39 is 0 Å². The zero-order chi connectivity index (χ0) is 13.3. The summed E-state index contributed by atoms with van der Waals surface area (Å²) in [5.74, 6) is 0. The molecule has 0 amide bonds. The van der Waals surface area contributed by atoms with Gasteiger partial charge in [0, 0.05) is 7.05 Å². The minimum atomic E-state index is -0.141. The van der Waals surface area contributed by atoms with Gasteiger partial charge in [-0.05, 0) is 19.1 Å². The van der Waals surface area contributed by atoms with Crippen LogP contribution in [0.5, 0.6) is 0 Å². The van der Waals surface area contributed by atoms with Crippen LogP contribution in [0.3, 0.4) is 0 Å². The van der Waals surface area contributed by atoms with E-state index in [1.54, 1.807) is 9.36 Å². The molecule has 0 atom stereocenters. The van der Waals surface area contributed by atoms with Crippen LogP contribution in [0, 0.1) is 6.92 Å². The fraction of sp³-hybridized carbons (Fsp3) is 0.167. The molecule has 4 nitrogen and oxygen atoms in total. The average Bonchev–Trinajstić information content (AvgIpc) is 2.54. The number of rotatable bonds is 2. The number of benzene rings is 1. The van der Waals surface area contributed by atoms with Crippen molar-refractivity contribution < 1.29 is 0 Å². The maximum Gasteiger partial charge on any atom is 0.295 e. The molecule has 0 aliphatic rings. The molecule has 6 heteroatoms. The Morgan fingerprint density at radius 3 is 2.50 bits per heavy atom. The highest BCUT2D eigenvalue weighted by Gasteiger charge is 2.15. The number of nitrogens with one attached hydrogen (secondary N) is 1. The van der Waals surface area contributed by atoms with E-state index in [1.807, 2.05) is 44.3 Å². The van der Waals surface area contributed by atoms with Crippen molar-refractivity contribution in [1.82, 2.24) is 9.36 Å². The van der Waals surface area contributed by atoms with E-state index >= 15 is 0 Å². The van der Waals surface area contributed by atoms with Gasteiger partial charge in [-0.3, -0.25) is 9.48 Å². The molecule has 2 rings (SSSR count). The van der Waals surface area contributed by atoms with Gasteiger partial charge in [-0.1, -0.05) is 30.4 Å². The summed E-state index contributed by atoms with van der Waals surface area (Å²) >= 11 is 8.86. The molecule has 1 aromatic carbocycles. The first-order valence-corrected chi connectivity index (χ1v) is 6.22. The Morgan fingerprint density at radius 1 is 1.33 bits per heavy atom. The quantitative estimate of drug-likeness (QED) is 0.653. The molecule has 1 N–H and O–H groups in total. The summed E-state index contributed by atoms with van der Waals surface area (Å²) in [6.07, 6.45) is 0. The summed E-state index contributed by atoms with van der Waals surface area (Å²) in [6.45, 7) is 1.86. The zero-order valence-electron chi connectivity index (χ0n) is 10.0. The lowest BCUT2D eigenvalue weighted by molar-refractivity contribution is 0.630. The van der Waals surface area contributed by atoms with Crippen LogP contribution < -0.4 is 10.9 Å². The smallest absolute Gasteiger partial charge is 0.295 e. The predicted octanol–water partition coefficient (Wildman–Crippen LogP) is 2.11. The highest BCUT2D eigenvalue weighted by atomic mass is 32.1. The summed E-state index contributed by atoms with van der Waals surface area (Å²) < 4.78 is 3.65. The molecule has 0 saturated carbocycles. The van der Waals surface area contributed by atoms with Gasteiger partial charge < -0.3 is 5.32 Å². The first-order chi connectivity index (χ1) is 8.52. The summed E-state index contributed by atoms with van der Waals surface area (Å²) in [6, 6.07) is 9.44. The molecule has 2 aromatic rings. The van der Waals surface area contributed by atoms with Crippen LogP contribution in [-0.4, -0.2) is 13.7 Å². The number of hydrogen-bond acceptors (Lipinski definition) is 2. The number of anilines is 1. The Kier molecular flexibility index (Phi) is 3.58. The molecule has 94 valence electrons.